The van der Waals surface area contributed by atoms with Crippen LogP contribution in [-0.2, 0) is 15.8 Å². The Labute approximate surface area is 125 Å². The molecule has 0 radical (unpaired) electrons. The largest absolute Gasteiger partial charge is 0.326 e. The first kappa shape index (κ1) is 15.9. The van der Waals surface area contributed by atoms with Crippen LogP contribution in [0.4, 0.5) is 0 Å². The average molecular weight is 307 g/mol. The number of hydrogen-bond acceptors (Lipinski definition) is 4. The number of nitrogens with zero attached hydrogens (tertiary/aromatic N) is 1. The molecule has 0 spiro atoms. The van der Waals surface area contributed by atoms with Crippen LogP contribution < -0.4 is 10.5 Å². The topological polar surface area (TPSA) is 85.1 Å². The summed E-state index contributed by atoms with van der Waals surface area (Å²) in [6.07, 6.45) is 1.67. The fourth-order valence-electron chi connectivity index (χ4n) is 2.00. The number of sulfonamides is 1. The number of fused-ring (bicyclic) bond motifs is 1. The van der Waals surface area contributed by atoms with Gasteiger partial charge in [-0.15, -0.1) is 0 Å². The standard InChI is InChI=1S/C15H21N3O2S/c1-11(2)14(16)9-18-21(19,20)10-13-6-3-5-12-7-4-8-17-15(12)13/h3-8,11,14,18H,9-10,16H2,1-2H3. The van der Waals surface area contributed by atoms with Crippen LogP contribution in [0.1, 0.15) is 19.4 Å². The lowest BCUT2D eigenvalue weighted by Gasteiger charge is -2.16. The van der Waals surface area contributed by atoms with Gasteiger partial charge in [0, 0.05) is 24.2 Å². The molecule has 21 heavy (non-hydrogen) atoms. The minimum absolute atomic E-state index is 0.0911. The van der Waals surface area contributed by atoms with Crippen molar-refractivity contribution in [3.63, 3.8) is 0 Å². The zero-order chi connectivity index (χ0) is 15.5. The third kappa shape index (κ3) is 4.23. The third-order valence-electron chi connectivity index (χ3n) is 3.46. The van der Waals surface area contributed by atoms with E-state index >= 15 is 0 Å². The van der Waals surface area contributed by atoms with Gasteiger partial charge in [-0.3, -0.25) is 4.98 Å². The lowest BCUT2D eigenvalue weighted by molar-refractivity contribution is 0.481. The molecule has 0 amide bonds. The molecule has 0 aliphatic heterocycles. The Morgan fingerprint density at radius 3 is 2.67 bits per heavy atom. The number of nitrogens with one attached hydrogen (secondary N) is 1. The van der Waals surface area contributed by atoms with Gasteiger partial charge in [0.05, 0.1) is 11.3 Å². The number of benzene rings is 1. The zero-order valence-electron chi connectivity index (χ0n) is 12.3. The molecule has 1 aromatic heterocycles. The normalized spacial score (nSPS) is 13.7. The Bertz CT molecular complexity index is 708. The summed E-state index contributed by atoms with van der Waals surface area (Å²) in [5.41, 5.74) is 7.28. The lowest BCUT2D eigenvalue weighted by Crippen LogP contribution is -2.40. The highest BCUT2D eigenvalue weighted by molar-refractivity contribution is 7.88. The van der Waals surface area contributed by atoms with Crippen molar-refractivity contribution in [2.75, 3.05) is 6.54 Å². The van der Waals surface area contributed by atoms with Gasteiger partial charge in [0.2, 0.25) is 10.0 Å². The van der Waals surface area contributed by atoms with E-state index in [2.05, 4.69) is 9.71 Å². The van der Waals surface area contributed by atoms with E-state index in [0.29, 0.717) is 5.56 Å². The molecule has 6 heteroatoms. The predicted molar refractivity (Wildman–Crippen MR) is 85.2 cm³/mol. The Kier molecular flexibility index (Phi) is 4.92. The van der Waals surface area contributed by atoms with Crippen molar-refractivity contribution in [3.8, 4) is 0 Å². The van der Waals surface area contributed by atoms with E-state index in [1.165, 1.54) is 0 Å². The molecule has 0 fully saturated rings. The summed E-state index contributed by atoms with van der Waals surface area (Å²) >= 11 is 0. The number of aromatic nitrogens is 1. The van der Waals surface area contributed by atoms with Gasteiger partial charge >= 0.3 is 0 Å². The Hall–Kier alpha value is -1.50. The molecule has 1 aromatic carbocycles. The van der Waals surface area contributed by atoms with Crippen molar-refractivity contribution in [2.45, 2.75) is 25.6 Å². The van der Waals surface area contributed by atoms with Crippen LogP contribution in [0.2, 0.25) is 0 Å². The summed E-state index contributed by atoms with van der Waals surface area (Å²) in [6.45, 7) is 4.18. The van der Waals surface area contributed by atoms with Crippen molar-refractivity contribution in [1.29, 1.82) is 0 Å². The molecule has 0 aliphatic rings. The van der Waals surface area contributed by atoms with Crippen LogP contribution in [0.5, 0.6) is 0 Å². The fourth-order valence-corrected chi connectivity index (χ4v) is 3.19. The van der Waals surface area contributed by atoms with Gasteiger partial charge in [0.25, 0.3) is 0 Å². The van der Waals surface area contributed by atoms with Crippen LogP contribution in [0.15, 0.2) is 36.5 Å². The van der Waals surface area contributed by atoms with Gasteiger partial charge < -0.3 is 5.73 Å². The van der Waals surface area contributed by atoms with Crippen LogP contribution in [0, 0.1) is 5.92 Å². The van der Waals surface area contributed by atoms with Crippen LogP contribution in [0.25, 0.3) is 10.9 Å². The van der Waals surface area contributed by atoms with E-state index in [1.807, 2.05) is 38.1 Å². The van der Waals surface area contributed by atoms with Crippen LogP contribution in [-0.4, -0.2) is 26.0 Å². The summed E-state index contributed by atoms with van der Waals surface area (Å²) in [6, 6.07) is 9.11. The van der Waals surface area contributed by atoms with E-state index in [4.69, 9.17) is 5.73 Å². The molecule has 1 atom stereocenters. The van der Waals surface area contributed by atoms with E-state index in [1.54, 1.807) is 12.3 Å². The lowest BCUT2D eigenvalue weighted by atomic mass is 10.1. The molecule has 0 saturated heterocycles. The summed E-state index contributed by atoms with van der Waals surface area (Å²) in [4.78, 5) is 4.27. The average Bonchev–Trinajstić information content (AvgIpc) is 2.45. The quantitative estimate of drug-likeness (QED) is 0.849. The van der Waals surface area contributed by atoms with Crippen molar-refractivity contribution < 1.29 is 8.42 Å². The van der Waals surface area contributed by atoms with Crippen molar-refractivity contribution in [1.82, 2.24) is 9.71 Å². The van der Waals surface area contributed by atoms with Crippen molar-refractivity contribution >= 4 is 20.9 Å². The maximum absolute atomic E-state index is 12.2. The minimum Gasteiger partial charge on any atom is -0.326 e. The highest BCUT2D eigenvalue weighted by Crippen LogP contribution is 2.17. The minimum atomic E-state index is -3.42. The highest BCUT2D eigenvalue weighted by Gasteiger charge is 2.16. The number of para-hydroxylation sites is 1. The molecule has 3 N–H and O–H groups in total. The molecule has 0 aliphatic carbocycles. The van der Waals surface area contributed by atoms with Gasteiger partial charge in [0.15, 0.2) is 0 Å². The maximum Gasteiger partial charge on any atom is 0.215 e. The number of nitrogens with two attached hydrogens (primary N) is 1. The summed E-state index contributed by atoms with van der Waals surface area (Å²) in [5, 5.41) is 0.934. The SMILES string of the molecule is CC(C)C(N)CNS(=O)(=O)Cc1cccc2cccnc12. The second-order valence-electron chi connectivity index (χ2n) is 5.51. The van der Waals surface area contributed by atoms with Gasteiger partial charge in [0.1, 0.15) is 0 Å². The van der Waals surface area contributed by atoms with E-state index in [-0.39, 0.29) is 24.3 Å². The van der Waals surface area contributed by atoms with E-state index in [0.717, 1.165) is 10.9 Å². The van der Waals surface area contributed by atoms with Gasteiger partial charge in [-0.05, 0) is 17.5 Å². The Balaban J connectivity index is 2.15. The first-order valence-corrected chi connectivity index (χ1v) is 8.60. The molecule has 2 rings (SSSR count). The zero-order valence-corrected chi connectivity index (χ0v) is 13.1. The van der Waals surface area contributed by atoms with E-state index in [9.17, 15) is 8.42 Å². The number of pyridine rings is 1. The molecule has 0 saturated carbocycles. The summed E-state index contributed by atoms with van der Waals surface area (Å²) in [5.74, 6) is 0.138. The van der Waals surface area contributed by atoms with E-state index < -0.39 is 10.0 Å². The second-order valence-corrected chi connectivity index (χ2v) is 7.31. The summed E-state index contributed by atoms with van der Waals surface area (Å²) in [7, 11) is -3.42. The molecule has 0 bridgehead atoms. The molecule has 2 aromatic rings. The molecule has 5 nitrogen and oxygen atoms in total. The third-order valence-corrected chi connectivity index (χ3v) is 4.75. The molecular formula is C15H21N3O2S. The first-order valence-electron chi connectivity index (χ1n) is 6.94. The predicted octanol–water partition coefficient (Wildman–Crippen LogP) is 1.64. The number of rotatable bonds is 6. The molecule has 1 unspecified atom stereocenters. The van der Waals surface area contributed by atoms with Crippen LogP contribution >= 0.6 is 0 Å². The monoisotopic (exact) mass is 307 g/mol. The second kappa shape index (κ2) is 6.51. The smallest absolute Gasteiger partial charge is 0.215 e. The maximum atomic E-state index is 12.2. The molecule has 114 valence electrons. The first-order chi connectivity index (χ1) is 9.89. The Morgan fingerprint density at radius 1 is 1.24 bits per heavy atom. The van der Waals surface area contributed by atoms with Crippen molar-refractivity contribution in [3.05, 3.63) is 42.1 Å². The Morgan fingerprint density at radius 2 is 1.95 bits per heavy atom. The van der Waals surface area contributed by atoms with Crippen LogP contribution in [0.3, 0.4) is 0 Å². The van der Waals surface area contributed by atoms with Gasteiger partial charge in [-0.2, -0.15) is 0 Å². The molecule has 1 heterocycles. The van der Waals surface area contributed by atoms with Crippen molar-refractivity contribution in [2.24, 2.45) is 11.7 Å². The molecular weight excluding hydrogens is 286 g/mol. The summed E-state index contributed by atoms with van der Waals surface area (Å²) < 4.78 is 26.9. The fraction of sp³-hybridized carbons (Fsp3) is 0.400. The van der Waals surface area contributed by atoms with Gasteiger partial charge in [-0.1, -0.05) is 38.1 Å². The number of hydrogen-bond donors (Lipinski definition) is 2. The highest BCUT2D eigenvalue weighted by atomic mass is 32.2. The van der Waals surface area contributed by atoms with Gasteiger partial charge in [-0.25, -0.2) is 13.1 Å².